The summed E-state index contributed by atoms with van der Waals surface area (Å²) in [5.74, 6) is 0.169. The molecule has 4 heterocycles. The Balaban J connectivity index is 1.29. The van der Waals surface area contributed by atoms with Crippen molar-refractivity contribution in [2.75, 3.05) is 31.1 Å². The lowest BCUT2D eigenvalue weighted by atomic mass is 9.97. The number of amides is 1. The fourth-order valence-electron chi connectivity index (χ4n) is 4.82. The van der Waals surface area contributed by atoms with E-state index in [2.05, 4.69) is 71.2 Å². The number of piperazine rings is 1. The molecule has 2 aromatic heterocycles. The fourth-order valence-corrected chi connectivity index (χ4v) is 4.82. The van der Waals surface area contributed by atoms with Gasteiger partial charge in [-0.05, 0) is 29.5 Å². The van der Waals surface area contributed by atoms with Crippen molar-refractivity contribution < 1.29 is 4.79 Å². The molecule has 2 aliphatic heterocycles. The van der Waals surface area contributed by atoms with Gasteiger partial charge in [-0.1, -0.05) is 39.0 Å². The van der Waals surface area contributed by atoms with E-state index in [4.69, 9.17) is 4.99 Å². The summed E-state index contributed by atoms with van der Waals surface area (Å²) in [5.41, 5.74) is 3.01. The zero-order valence-electron chi connectivity index (χ0n) is 20.7. The van der Waals surface area contributed by atoms with Gasteiger partial charge in [0.15, 0.2) is 5.49 Å². The number of fused-ring (bicyclic) bond motifs is 1. The van der Waals surface area contributed by atoms with E-state index in [-0.39, 0.29) is 28.9 Å². The van der Waals surface area contributed by atoms with Crippen LogP contribution in [0.2, 0.25) is 0 Å². The van der Waals surface area contributed by atoms with Crippen LogP contribution < -0.4 is 21.4 Å². The molecule has 35 heavy (non-hydrogen) atoms. The molecule has 1 saturated heterocycles. The highest BCUT2D eigenvalue weighted by atomic mass is 16.2. The number of imidazole rings is 1. The second kappa shape index (κ2) is 8.83. The smallest absolute Gasteiger partial charge is 0.330 e. The average Bonchev–Trinajstić information content (AvgIpc) is 3.47. The summed E-state index contributed by atoms with van der Waals surface area (Å²) in [4.78, 5) is 38.3. The van der Waals surface area contributed by atoms with Crippen molar-refractivity contribution in [3.63, 3.8) is 0 Å². The molecule has 1 aromatic carbocycles. The lowest BCUT2D eigenvalue weighted by Gasteiger charge is -2.35. The highest BCUT2D eigenvalue weighted by molar-refractivity contribution is 5.90. The van der Waals surface area contributed by atoms with Crippen molar-refractivity contribution in [1.82, 2.24) is 29.2 Å². The van der Waals surface area contributed by atoms with E-state index in [1.807, 2.05) is 4.57 Å². The van der Waals surface area contributed by atoms with Gasteiger partial charge in [0.25, 0.3) is 5.91 Å². The van der Waals surface area contributed by atoms with Crippen LogP contribution in [0.25, 0.3) is 6.08 Å². The summed E-state index contributed by atoms with van der Waals surface area (Å²) in [7, 11) is 1.80. The van der Waals surface area contributed by atoms with Crippen LogP contribution in [-0.2, 0) is 13.6 Å². The van der Waals surface area contributed by atoms with Crippen LogP contribution in [0.3, 0.4) is 0 Å². The van der Waals surface area contributed by atoms with E-state index in [1.165, 1.54) is 6.33 Å². The second-order valence-electron chi connectivity index (χ2n) is 10.5. The molecule has 1 unspecified atom stereocenters. The zero-order chi connectivity index (χ0) is 24.7. The largest absolute Gasteiger partial charge is 0.368 e. The minimum absolute atomic E-state index is 0.00815. The topological polar surface area (TPSA) is 104 Å². The number of anilines is 1. The van der Waals surface area contributed by atoms with E-state index in [1.54, 1.807) is 16.5 Å². The van der Waals surface area contributed by atoms with Gasteiger partial charge in [0.2, 0.25) is 5.82 Å². The predicted octanol–water partition coefficient (Wildman–Crippen LogP) is 0.859. The molecular formula is C25H32N8O2. The molecule has 0 aliphatic carbocycles. The first-order valence-electron chi connectivity index (χ1n) is 12.0. The van der Waals surface area contributed by atoms with E-state index in [9.17, 15) is 9.59 Å². The average molecular weight is 477 g/mol. The van der Waals surface area contributed by atoms with Gasteiger partial charge in [0.05, 0.1) is 11.4 Å². The zero-order valence-corrected chi connectivity index (χ0v) is 20.7. The first-order chi connectivity index (χ1) is 16.7. The summed E-state index contributed by atoms with van der Waals surface area (Å²) < 4.78 is 3.52. The summed E-state index contributed by atoms with van der Waals surface area (Å²) in [6, 6.07) is 8.48. The van der Waals surface area contributed by atoms with Crippen LogP contribution in [0.15, 0.2) is 40.4 Å². The van der Waals surface area contributed by atoms with E-state index < -0.39 is 0 Å². The van der Waals surface area contributed by atoms with Gasteiger partial charge in [-0.2, -0.15) is 5.10 Å². The normalized spacial score (nSPS) is 18.1. The molecule has 0 radical (unpaired) electrons. The van der Waals surface area contributed by atoms with Crippen LogP contribution in [0.4, 0.5) is 5.69 Å². The standard InChI is InChI=1S/C25H32N8O2/c1-25(2,3)15-33-20-10-9-19(28-22(20)30(4)24(33)35)17-5-7-18(8-6-17)31-11-13-32(14-12-31)23(34)21-26-16-27-29-21/h5-8,10,16,19H,9,11-15H2,1-4H3,(H,26,27,29). The third-order valence-corrected chi connectivity index (χ3v) is 6.63. The molecule has 0 spiro atoms. The first-order valence-corrected chi connectivity index (χ1v) is 12.0. The Morgan fingerprint density at radius 3 is 2.46 bits per heavy atom. The maximum atomic E-state index is 12.8. The van der Waals surface area contributed by atoms with Crippen molar-refractivity contribution in [2.24, 2.45) is 17.5 Å². The molecule has 0 bridgehead atoms. The molecule has 1 atom stereocenters. The minimum Gasteiger partial charge on any atom is -0.368 e. The Morgan fingerprint density at radius 1 is 1.11 bits per heavy atom. The van der Waals surface area contributed by atoms with E-state index in [0.717, 1.165) is 41.6 Å². The van der Waals surface area contributed by atoms with Crippen LogP contribution in [0, 0.1) is 5.41 Å². The maximum absolute atomic E-state index is 12.8. The minimum atomic E-state index is -0.113. The Bertz CT molecular complexity index is 1390. The molecule has 1 fully saturated rings. The van der Waals surface area contributed by atoms with Crippen LogP contribution in [0.1, 0.15) is 49.4 Å². The predicted molar refractivity (Wildman–Crippen MR) is 133 cm³/mol. The van der Waals surface area contributed by atoms with Gasteiger partial charge >= 0.3 is 5.69 Å². The Labute approximate surface area is 203 Å². The summed E-state index contributed by atoms with van der Waals surface area (Å²) >= 11 is 0. The number of hydrogen-bond acceptors (Lipinski definition) is 6. The number of aromatic amines is 1. The highest BCUT2D eigenvalue weighted by Crippen LogP contribution is 2.26. The molecule has 5 rings (SSSR count). The van der Waals surface area contributed by atoms with Crippen LogP contribution in [0.5, 0.6) is 0 Å². The second-order valence-corrected chi connectivity index (χ2v) is 10.5. The molecule has 10 nitrogen and oxygen atoms in total. The van der Waals surface area contributed by atoms with Gasteiger partial charge in [0, 0.05) is 45.5 Å². The molecule has 2 aliphatic rings. The molecule has 1 N–H and O–H groups in total. The molecule has 10 heteroatoms. The van der Waals surface area contributed by atoms with Crippen molar-refractivity contribution in [3.05, 3.63) is 63.3 Å². The van der Waals surface area contributed by atoms with Gasteiger partial charge < -0.3 is 9.80 Å². The molecule has 0 saturated carbocycles. The summed E-state index contributed by atoms with van der Waals surface area (Å²) in [6.45, 7) is 9.86. The van der Waals surface area contributed by atoms with Crippen molar-refractivity contribution in [2.45, 2.75) is 39.8 Å². The SMILES string of the molecule is Cn1c2c(n(CC(C)(C)C)c1=O)=CCC(c1ccc(N3CCN(C(=O)c4ncn[nH]4)CC3)cc1)N=2. The highest BCUT2D eigenvalue weighted by Gasteiger charge is 2.25. The summed E-state index contributed by atoms with van der Waals surface area (Å²) in [6.07, 6.45) is 4.27. The van der Waals surface area contributed by atoms with Crippen LogP contribution in [-0.4, -0.2) is 61.3 Å². The monoisotopic (exact) mass is 476 g/mol. The van der Waals surface area contributed by atoms with Gasteiger partial charge in [-0.25, -0.2) is 9.78 Å². The number of benzene rings is 1. The summed E-state index contributed by atoms with van der Waals surface area (Å²) in [5, 5.41) is 7.33. The molecular weight excluding hydrogens is 444 g/mol. The number of aromatic nitrogens is 5. The fraction of sp³-hybridized carbons (Fsp3) is 0.480. The number of carbonyl (C=O) groups excluding carboxylic acids is 1. The third kappa shape index (κ3) is 4.52. The number of carbonyl (C=O) groups is 1. The van der Waals surface area contributed by atoms with E-state index in [0.29, 0.717) is 19.6 Å². The molecule has 1 amide bonds. The van der Waals surface area contributed by atoms with Crippen molar-refractivity contribution >= 4 is 17.7 Å². The number of H-pyrrole nitrogens is 1. The van der Waals surface area contributed by atoms with Crippen molar-refractivity contribution in [1.29, 1.82) is 0 Å². The number of hydrogen-bond donors (Lipinski definition) is 1. The van der Waals surface area contributed by atoms with Crippen LogP contribution >= 0.6 is 0 Å². The van der Waals surface area contributed by atoms with Gasteiger partial charge in [-0.3, -0.25) is 24.0 Å². The van der Waals surface area contributed by atoms with Crippen molar-refractivity contribution in [3.8, 4) is 0 Å². The lowest BCUT2D eigenvalue weighted by molar-refractivity contribution is 0.0735. The third-order valence-electron chi connectivity index (χ3n) is 6.63. The first kappa shape index (κ1) is 23.1. The number of nitrogens with one attached hydrogen (secondary N) is 1. The lowest BCUT2D eigenvalue weighted by Crippen LogP contribution is -2.49. The van der Waals surface area contributed by atoms with E-state index >= 15 is 0 Å². The number of nitrogens with zero attached hydrogens (tertiary/aromatic N) is 7. The Morgan fingerprint density at radius 2 is 1.83 bits per heavy atom. The maximum Gasteiger partial charge on any atom is 0.330 e. The quantitative estimate of drug-likeness (QED) is 0.602. The van der Waals surface area contributed by atoms with Gasteiger partial charge in [-0.15, -0.1) is 0 Å². The Hall–Kier alpha value is -3.69. The Kier molecular flexibility index (Phi) is 5.82. The molecule has 184 valence electrons. The number of rotatable bonds is 4. The molecule has 3 aromatic rings. The van der Waals surface area contributed by atoms with Gasteiger partial charge in [0.1, 0.15) is 6.33 Å².